The van der Waals surface area contributed by atoms with E-state index in [4.69, 9.17) is 11.6 Å². The SMILES string of the molecule is CC(CCl)C(=O)NC(C)c1ccncc1. The molecule has 0 radical (unpaired) electrons. The topological polar surface area (TPSA) is 42.0 Å². The third kappa shape index (κ3) is 3.51. The Morgan fingerprint density at radius 1 is 1.47 bits per heavy atom. The van der Waals surface area contributed by atoms with E-state index in [1.165, 1.54) is 0 Å². The van der Waals surface area contributed by atoms with Crippen molar-refractivity contribution >= 4 is 17.5 Å². The summed E-state index contributed by atoms with van der Waals surface area (Å²) in [7, 11) is 0. The Labute approximate surface area is 94.9 Å². The van der Waals surface area contributed by atoms with Gasteiger partial charge in [-0.1, -0.05) is 6.92 Å². The van der Waals surface area contributed by atoms with Crippen LogP contribution >= 0.6 is 11.6 Å². The van der Waals surface area contributed by atoms with E-state index >= 15 is 0 Å². The highest BCUT2D eigenvalue weighted by molar-refractivity contribution is 6.19. The molecule has 3 nitrogen and oxygen atoms in total. The van der Waals surface area contributed by atoms with E-state index < -0.39 is 0 Å². The van der Waals surface area contributed by atoms with Crippen molar-refractivity contribution in [3.05, 3.63) is 30.1 Å². The van der Waals surface area contributed by atoms with E-state index in [1.54, 1.807) is 12.4 Å². The number of rotatable bonds is 4. The van der Waals surface area contributed by atoms with Gasteiger partial charge in [-0.25, -0.2) is 0 Å². The van der Waals surface area contributed by atoms with Crippen LogP contribution in [-0.4, -0.2) is 16.8 Å². The van der Waals surface area contributed by atoms with Gasteiger partial charge in [-0.05, 0) is 24.6 Å². The van der Waals surface area contributed by atoms with Gasteiger partial charge < -0.3 is 5.32 Å². The van der Waals surface area contributed by atoms with E-state index in [1.807, 2.05) is 26.0 Å². The zero-order valence-electron chi connectivity index (χ0n) is 8.90. The number of hydrogen-bond acceptors (Lipinski definition) is 2. The van der Waals surface area contributed by atoms with E-state index in [9.17, 15) is 4.79 Å². The van der Waals surface area contributed by atoms with Crippen molar-refractivity contribution in [1.29, 1.82) is 0 Å². The Morgan fingerprint density at radius 2 is 2.07 bits per heavy atom. The smallest absolute Gasteiger partial charge is 0.224 e. The Balaban J connectivity index is 2.56. The lowest BCUT2D eigenvalue weighted by Crippen LogP contribution is -2.32. The molecule has 4 heteroatoms. The van der Waals surface area contributed by atoms with E-state index in [-0.39, 0.29) is 17.9 Å². The van der Waals surface area contributed by atoms with Crippen LogP contribution in [0.1, 0.15) is 25.5 Å². The zero-order valence-corrected chi connectivity index (χ0v) is 9.66. The molecule has 2 atom stereocenters. The number of aromatic nitrogens is 1. The molecule has 15 heavy (non-hydrogen) atoms. The molecule has 1 N–H and O–H groups in total. The number of halogens is 1. The highest BCUT2D eigenvalue weighted by Crippen LogP contribution is 2.11. The molecule has 0 fully saturated rings. The van der Waals surface area contributed by atoms with Crippen LogP contribution in [0, 0.1) is 5.92 Å². The fraction of sp³-hybridized carbons (Fsp3) is 0.455. The normalized spacial score (nSPS) is 14.3. The van der Waals surface area contributed by atoms with Gasteiger partial charge in [-0.3, -0.25) is 9.78 Å². The minimum Gasteiger partial charge on any atom is -0.349 e. The van der Waals surface area contributed by atoms with Gasteiger partial charge in [0.2, 0.25) is 5.91 Å². The van der Waals surface area contributed by atoms with E-state index in [2.05, 4.69) is 10.3 Å². The van der Waals surface area contributed by atoms with Crippen LogP contribution in [0.25, 0.3) is 0 Å². The molecule has 1 rings (SSSR count). The first-order valence-electron chi connectivity index (χ1n) is 4.91. The fourth-order valence-corrected chi connectivity index (χ4v) is 1.30. The lowest BCUT2D eigenvalue weighted by molar-refractivity contribution is -0.124. The maximum atomic E-state index is 11.5. The number of hydrogen-bond donors (Lipinski definition) is 1. The second-order valence-electron chi connectivity index (χ2n) is 3.57. The van der Waals surface area contributed by atoms with Crippen LogP contribution in [-0.2, 0) is 4.79 Å². The first-order chi connectivity index (χ1) is 7.15. The predicted molar refractivity (Wildman–Crippen MR) is 60.7 cm³/mol. The Hall–Kier alpha value is -1.09. The molecule has 0 aliphatic rings. The van der Waals surface area contributed by atoms with Gasteiger partial charge in [0.15, 0.2) is 0 Å². The number of nitrogens with zero attached hydrogens (tertiary/aromatic N) is 1. The number of alkyl halides is 1. The van der Waals surface area contributed by atoms with Gasteiger partial charge >= 0.3 is 0 Å². The lowest BCUT2D eigenvalue weighted by Gasteiger charge is -2.16. The largest absolute Gasteiger partial charge is 0.349 e. The standard InChI is InChI=1S/C11H15ClN2O/c1-8(7-12)11(15)14-9(2)10-3-5-13-6-4-10/h3-6,8-9H,7H2,1-2H3,(H,14,15). The molecule has 1 aromatic rings. The van der Waals surface area contributed by atoms with Crippen molar-refractivity contribution in [3.63, 3.8) is 0 Å². The molecule has 1 aromatic heterocycles. The Kier molecular flexibility index (Phi) is 4.56. The molecular weight excluding hydrogens is 212 g/mol. The molecule has 2 unspecified atom stereocenters. The number of pyridine rings is 1. The van der Waals surface area contributed by atoms with Crippen LogP contribution in [0.15, 0.2) is 24.5 Å². The third-order valence-corrected chi connectivity index (χ3v) is 2.71. The number of nitrogens with one attached hydrogen (secondary N) is 1. The van der Waals surface area contributed by atoms with Crippen LogP contribution < -0.4 is 5.32 Å². The summed E-state index contributed by atoms with van der Waals surface area (Å²) in [6.07, 6.45) is 3.42. The average molecular weight is 227 g/mol. The summed E-state index contributed by atoms with van der Waals surface area (Å²) >= 11 is 5.61. The Morgan fingerprint density at radius 3 is 2.60 bits per heavy atom. The summed E-state index contributed by atoms with van der Waals surface area (Å²) in [5.41, 5.74) is 1.04. The van der Waals surface area contributed by atoms with Crippen LogP contribution in [0.5, 0.6) is 0 Å². The van der Waals surface area contributed by atoms with E-state index in [0.29, 0.717) is 5.88 Å². The van der Waals surface area contributed by atoms with Gasteiger partial charge in [0.05, 0.1) is 6.04 Å². The number of amides is 1. The molecule has 0 aliphatic heterocycles. The first kappa shape index (κ1) is 12.0. The molecule has 0 bridgehead atoms. The summed E-state index contributed by atoms with van der Waals surface area (Å²) < 4.78 is 0. The average Bonchev–Trinajstić information content (AvgIpc) is 2.29. The summed E-state index contributed by atoms with van der Waals surface area (Å²) in [5.74, 6) is 0.166. The van der Waals surface area contributed by atoms with Gasteiger partial charge in [-0.15, -0.1) is 11.6 Å². The maximum absolute atomic E-state index is 11.5. The van der Waals surface area contributed by atoms with Crippen molar-refractivity contribution in [2.24, 2.45) is 5.92 Å². The Bertz CT molecular complexity index is 316. The quantitative estimate of drug-likeness (QED) is 0.800. The van der Waals surface area contributed by atoms with Gasteiger partial charge in [-0.2, -0.15) is 0 Å². The molecule has 0 aliphatic carbocycles. The summed E-state index contributed by atoms with van der Waals surface area (Å²) in [6, 6.07) is 3.76. The van der Waals surface area contributed by atoms with E-state index in [0.717, 1.165) is 5.56 Å². The highest BCUT2D eigenvalue weighted by atomic mass is 35.5. The molecule has 0 aromatic carbocycles. The van der Waals surface area contributed by atoms with Crippen LogP contribution in [0.4, 0.5) is 0 Å². The fourth-order valence-electron chi connectivity index (χ4n) is 1.16. The minimum absolute atomic E-state index is 0.00818. The second kappa shape index (κ2) is 5.71. The summed E-state index contributed by atoms with van der Waals surface area (Å²) in [6.45, 7) is 3.75. The van der Waals surface area contributed by atoms with Crippen molar-refractivity contribution in [2.75, 3.05) is 5.88 Å². The number of carbonyl (C=O) groups excluding carboxylic acids is 1. The monoisotopic (exact) mass is 226 g/mol. The van der Waals surface area contributed by atoms with Crippen molar-refractivity contribution in [1.82, 2.24) is 10.3 Å². The van der Waals surface area contributed by atoms with Gasteiger partial charge in [0.1, 0.15) is 0 Å². The predicted octanol–water partition coefficient (Wildman–Crippen LogP) is 2.13. The van der Waals surface area contributed by atoms with Crippen molar-refractivity contribution in [2.45, 2.75) is 19.9 Å². The third-order valence-electron chi connectivity index (χ3n) is 2.24. The molecule has 1 heterocycles. The zero-order chi connectivity index (χ0) is 11.3. The van der Waals surface area contributed by atoms with Crippen LogP contribution in [0.3, 0.4) is 0 Å². The van der Waals surface area contributed by atoms with Crippen molar-refractivity contribution < 1.29 is 4.79 Å². The highest BCUT2D eigenvalue weighted by Gasteiger charge is 2.14. The van der Waals surface area contributed by atoms with Crippen molar-refractivity contribution in [3.8, 4) is 0 Å². The number of carbonyl (C=O) groups is 1. The minimum atomic E-state index is -0.157. The lowest BCUT2D eigenvalue weighted by atomic mass is 10.1. The second-order valence-corrected chi connectivity index (χ2v) is 3.87. The van der Waals surface area contributed by atoms with Gasteiger partial charge in [0.25, 0.3) is 0 Å². The molecule has 0 spiro atoms. The molecule has 82 valence electrons. The molecule has 0 saturated heterocycles. The maximum Gasteiger partial charge on any atom is 0.224 e. The summed E-state index contributed by atoms with van der Waals surface area (Å²) in [5, 5.41) is 2.90. The first-order valence-corrected chi connectivity index (χ1v) is 5.45. The molecular formula is C11H15ClN2O. The van der Waals surface area contributed by atoms with Crippen LogP contribution in [0.2, 0.25) is 0 Å². The molecule has 0 saturated carbocycles. The van der Waals surface area contributed by atoms with Gasteiger partial charge in [0, 0.05) is 24.2 Å². The summed E-state index contributed by atoms with van der Waals surface area (Å²) in [4.78, 5) is 15.5. The molecule has 1 amide bonds.